The summed E-state index contributed by atoms with van der Waals surface area (Å²) in [5.41, 5.74) is 0.756. The molecule has 0 spiro atoms. The van der Waals surface area contributed by atoms with Crippen molar-refractivity contribution in [3.8, 4) is 0 Å². The molecule has 1 fully saturated rings. The largest absolute Gasteiger partial charge is 0.307 e. The van der Waals surface area contributed by atoms with Crippen molar-refractivity contribution in [3.63, 3.8) is 0 Å². The highest BCUT2D eigenvalue weighted by Crippen LogP contribution is 2.13. The van der Waals surface area contributed by atoms with Gasteiger partial charge < -0.3 is 5.32 Å². The Morgan fingerprint density at radius 3 is 3.24 bits per heavy atom. The number of nitrogens with zero attached hydrogens (tertiary/aromatic N) is 2. The van der Waals surface area contributed by atoms with E-state index in [1.807, 2.05) is 10.7 Å². The van der Waals surface area contributed by atoms with Gasteiger partial charge in [-0.2, -0.15) is 5.10 Å². The molecule has 0 bridgehead atoms. The summed E-state index contributed by atoms with van der Waals surface area (Å²) >= 11 is 0. The summed E-state index contributed by atoms with van der Waals surface area (Å²) in [6.45, 7) is 3.87. The summed E-state index contributed by atoms with van der Waals surface area (Å²) in [5, 5.41) is 7.56. The molecule has 1 aliphatic rings. The standard InChI is InChI=1S/C13H21N3O/c1-2-10-16-12(7-9-15-16)13(17)11-6-4-3-5-8-14-11/h7,9,11,14H,2-6,8,10H2,1H3. The van der Waals surface area contributed by atoms with Gasteiger partial charge in [0, 0.05) is 12.7 Å². The lowest BCUT2D eigenvalue weighted by Crippen LogP contribution is -2.37. The van der Waals surface area contributed by atoms with Gasteiger partial charge in [-0.15, -0.1) is 0 Å². The molecule has 94 valence electrons. The van der Waals surface area contributed by atoms with E-state index >= 15 is 0 Å². The maximum absolute atomic E-state index is 12.4. The van der Waals surface area contributed by atoms with Crippen LogP contribution in [0.15, 0.2) is 12.3 Å². The first-order valence-corrected chi connectivity index (χ1v) is 6.62. The molecule has 1 aromatic rings. The quantitative estimate of drug-likeness (QED) is 0.812. The SMILES string of the molecule is CCCn1nccc1C(=O)C1CCCCCN1. The van der Waals surface area contributed by atoms with E-state index in [-0.39, 0.29) is 11.8 Å². The number of aromatic nitrogens is 2. The van der Waals surface area contributed by atoms with E-state index in [1.54, 1.807) is 6.20 Å². The topological polar surface area (TPSA) is 46.9 Å². The van der Waals surface area contributed by atoms with E-state index in [0.29, 0.717) is 0 Å². The Kier molecular flexibility index (Phi) is 4.31. The summed E-state index contributed by atoms with van der Waals surface area (Å²) in [4.78, 5) is 12.4. The van der Waals surface area contributed by atoms with Gasteiger partial charge in [-0.25, -0.2) is 0 Å². The van der Waals surface area contributed by atoms with Crippen molar-refractivity contribution in [2.45, 2.75) is 51.6 Å². The number of aryl methyl sites for hydroxylation is 1. The molecule has 2 heterocycles. The van der Waals surface area contributed by atoms with Gasteiger partial charge in [-0.3, -0.25) is 9.48 Å². The first kappa shape index (κ1) is 12.3. The van der Waals surface area contributed by atoms with E-state index in [9.17, 15) is 4.79 Å². The molecule has 17 heavy (non-hydrogen) atoms. The molecule has 0 saturated carbocycles. The lowest BCUT2D eigenvalue weighted by Gasteiger charge is -2.15. The van der Waals surface area contributed by atoms with Gasteiger partial charge in [-0.05, 0) is 31.9 Å². The van der Waals surface area contributed by atoms with Crippen molar-refractivity contribution in [2.75, 3.05) is 6.54 Å². The van der Waals surface area contributed by atoms with E-state index in [1.165, 1.54) is 12.8 Å². The number of Topliss-reactive ketones (excluding diaryl/α,β-unsaturated/α-hetero) is 1. The zero-order valence-corrected chi connectivity index (χ0v) is 10.5. The highest BCUT2D eigenvalue weighted by atomic mass is 16.1. The van der Waals surface area contributed by atoms with Crippen LogP contribution in [0.25, 0.3) is 0 Å². The van der Waals surface area contributed by atoms with Gasteiger partial charge in [-0.1, -0.05) is 19.8 Å². The predicted molar refractivity (Wildman–Crippen MR) is 67.1 cm³/mol. The molecule has 2 rings (SSSR count). The fourth-order valence-electron chi connectivity index (χ4n) is 2.36. The molecule has 1 aromatic heterocycles. The van der Waals surface area contributed by atoms with E-state index in [0.717, 1.165) is 38.0 Å². The molecule has 0 radical (unpaired) electrons. The van der Waals surface area contributed by atoms with Crippen LogP contribution in [-0.2, 0) is 6.54 Å². The summed E-state index contributed by atoms with van der Waals surface area (Å²) in [7, 11) is 0. The van der Waals surface area contributed by atoms with Crippen molar-refractivity contribution in [3.05, 3.63) is 18.0 Å². The van der Waals surface area contributed by atoms with Gasteiger partial charge in [0.15, 0.2) is 5.78 Å². The number of rotatable bonds is 4. The third-order valence-corrected chi connectivity index (χ3v) is 3.28. The summed E-state index contributed by atoms with van der Waals surface area (Å²) < 4.78 is 1.83. The highest BCUT2D eigenvalue weighted by molar-refractivity contribution is 5.98. The van der Waals surface area contributed by atoms with Crippen LogP contribution in [0.4, 0.5) is 0 Å². The van der Waals surface area contributed by atoms with Crippen molar-refractivity contribution in [1.29, 1.82) is 0 Å². The Labute approximate surface area is 102 Å². The predicted octanol–water partition coefficient (Wildman–Crippen LogP) is 2.01. The van der Waals surface area contributed by atoms with Crippen LogP contribution >= 0.6 is 0 Å². The van der Waals surface area contributed by atoms with Crippen molar-refractivity contribution in [2.24, 2.45) is 0 Å². The zero-order chi connectivity index (χ0) is 12.1. The lowest BCUT2D eigenvalue weighted by atomic mass is 10.0. The number of carbonyl (C=O) groups excluding carboxylic acids is 1. The normalized spacial score (nSPS) is 21.1. The fraction of sp³-hybridized carbons (Fsp3) is 0.692. The second-order valence-corrected chi connectivity index (χ2v) is 4.66. The van der Waals surface area contributed by atoms with Crippen LogP contribution in [0.3, 0.4) is 0 Å². The number of carbonyl (C=O) groups is 1. The lowest BCUT2D eigenvalue weighted by molar-refractivity contribution is 0.0929. The second-order valence-electron chi connectivity index (χ2n) is 4.66. The number of hydrogen-bond donors (Lipinski definition) is 1. The van der Waals surface area contributed by atoms with Crippen LogP contribution in [0.5, 0.6) is 0 Å². The minimum atomic E-state index is -0.00944. The average molecular weight is 235 g/mol. The average Bonchev–Trinajstić information content (AvgIpc) is 2.63. The molecule has 1 saturated heterocycles. The number of ketones is 1. The molecule has 1 N–H and O–H groups in total. The van der Waals surface area contributed by atoms with Gasteiger partial charge in [0.05, 0.1) is 6.04 Å². The molecule has 1 unspecified atom stereocenters. The van der Waals surface area contributed by atoms with Gasteiger partial charge in [0.25, 0.3) is 0 Å². The summed E-state index contributed by atoms with van der Waals surface area (Å²) in [5.74, 6) is 0.206. The van der Waals surface area contributed by atoms with Crippen molar-refractivity contribution in [1.82, 2.24) is 15.1 Å². The minimum absolute atomic E-state index is 0.00944. The number of nitrogens with one attached hydrogen (secondary N) is 1. The maximum atomic E-state index is 12.4. The second kappa shape index (κ2) is 5.96. The molecule has 1 aliphatic heterocycles. The molecule has 0 aromatic carbocycles. The van der Waals surface area contributed by atoms with Gasteiger partial charge in [0.1, 0.15) is 5.69 Å². The Balaban J connectivity index is 2.09. The van der Waals surface area contributed by atoms with Gasteiger partial charge in [0.2, 0.25) is 0 Å². The van der Waals surface area contributed by atoms with E-state index in [2.05, 4.69) is 17.3 Å². The molecule has 4 heteroatoms. The van der Waals surface area contributed by atoms with Crippen LogP contribution in [0, 0.1) is 0 Å². The van der Waals surface area contributed by atoms with Crippen LogP contribution in [0.1, 0.15) is 49.5 Å². The first-order valence-electron chi connectivity index (χ1n) is 6.62. The smallest absolute Gasteiger partial charge is 0.197 e. The zero-order valence-electron chi connectivity index (χ0n) is 10.5. The summed E-state index contributed by atoms with van der Waals surface area (Å²) in [6, 6.07) is 1.83. The van der Waals surface area contributed by atoms with Crippen LogP contribution < -0.4 is 5.32 Å². The van der Waals surface area contributed by atoms with Crippen molar-refractivity contribution >= 4 is 5.78 Å². The Morgan fingerprint density at radius 2 is 2.41 bits per heavy atom. The highest BCUT2D eigenvalue weighted by Gasteiger charge is 2.23. The first-order chi connectivity index (χ1) is 8.33. The summed E-state index contributed by atoms with van der Waals surface area (Å²) in [6.07, 6.45) is 7.23. The van der Waals surface area contributed by atoms with E-state index in [4.69, 9.17) is 0 Å². The molecule has 0 aliphatic carbocycles. The third-order valence-electron chi connectivity index (χ3n) is 3.28. The monoisotopic (exact) mass is 235 g/mol. The van der Waals surface area contributed by atoms with Crippen LogP contribution in [-0.4, -0.2) is 28.2 Å². The molecular formula is C13H21N3O. The molecular weight excluding hydrogens is 214 g/mol. The Hall–Kier alpha value is -1.16. The molecule has 1 atom stereocenters. The fourth-order valence-corrected chi connectivity index (χ4v) is 2.36. The Morgan fingerprint density at radius 1 is 1.53 bits per heavy atom. The number of hydrogen-bond acceptors (Lipinski definition) is 3. The van der Waals surface area contributed by atoms with Crippen molar-refractivity contribution < 1.29 is 4.79 Å². The maximum Gasteiger partial charge on any atom is 0.197 e. The molecule has 4 nitrogen and oxygen atoms in total. The van der Waals surface area contributed by atoms with Gasteiger partial charge >= 0.3 is 0 Å². The van der Waals surface area contributed by atoms with Crippen LogP contribution in [0.2, 0.25) is 0 Å². The third kappa shape index (κ3) is 2.94. The Bertz CT molecular complexity index is 364. The van der Waals surface area contributed by atoms with E-state index < -0.39 is 0 Å². The minimum Gasteiger partial charge on any atom is -0.307 e. The molecule has 0 amide bonds.